The van der Waals surface area contributed by atoms with E-state index in [0.717, 1.165) is 114 Å². The number of carbonyl (C=O) groups excluding carboxylic acids is 4. The highest BCUT2D eigenvalue weighted by Gasteiger charge is 2.30. The average Bonchev–Trinajstić information content (AvgIpc) is 2.94. The van der Waals surface area contributed by atoms with Crippen molar-refractivity contribution in [3.05, 3.63) is 0 Å². The Bertz CT molecular complexity index is 1790. The van der Waals surface area contributed by atoms with Gasteiger partial charge in [-0.05, 0) is 49.4 Å². The van der Waals surface area contributed by atoms with Crippen LogP contribution < -0.4 is 0 Å². The van der Waals surface area contributed by atoms with Crippen molar-refractivity contribution in [2.45, 2.75) is 369 Å². The van der Waals surface area contributed by atoms with Crippen molar-refractivity contribution in [1.82, 2.24) is 0 Å². The Kier molecular flexibility index (Phi) is 59.4. The molecule has 19 heteroatoms. The summed E-state index contributed by atoms with van der Waals surface area (Å²) in [5.41, 5.74) is 0. The van der Waals surface area contributed by atoms with Crippen molar-refractivity contribution in [1.29, 1.82) is 0 Å². The second kappa shape index (κ2) is 60.7. The van der Waals surface area contributed by atoms with Crippen molar-refractivity contribution in [2.24, 2.45) is 23.7 Å². The number of hydrogen-bond acceptors (Lipinski definition) is 15. The molecule has 0 aromatic heterocycles. The van der Waals surface area contributed by atoms with Gasteiger partial charge in [-0.15, -0.1) is 0 Å². The fourth-order valence-corrected chi connectivity index (χ4v) is 12.2. The van der Waals surface area contributed by atoms with Gasteiger partial charge in [0.2, 0.25) is 0 Å². The number of hydrogen-bond donors (Lipinski definition) is 3. The van der Waals surface area contributed by atoms with Crippen molar-refractivity contribution < 1.29 is 80.2 Å². The topological polar surface area (TPSA) is 237 Å². The number of phosphoric ester groups is 2. The lowest BCUT2D eigenvalue weighted by Gasteiger charge is -2.21. The average molecular weight is 1330 g/mol. The van der Waals surface area contributed by atoms with Gasteiger partial charge in [0, 0.05) is 25.7 Å². The summed E-state index contributed by atoms with van der Waals surface area (Å²) in [7, 11) is -9.91. The molecular weight excluding hydrogens is 1190 g/mol. The third-order valence-electron chi connectivity index (χ3n) is 17.0. The second-order valence-electron chi connectivity index (χ2n) is 27.1. The summed E-state index contributed by atoms with van der Waals surface area (Å²) >= 11 is 0. The van der Waals surface area contributed by atoms with Gasteiger partial charge in [0.05, 0.1) is 26.4 Å². The third-order valence-corrected chi connectivity index (χ3v) is 18.9. The normalized spacial score (nSPS) is 14.9. The van der Waals surface area contributed by atoms with Crippen molar-refractivity contribution >= 4 is 39.5 Å². The fraction of sp³-hybridized carbons (Fsp3) is 0.944. The molecule has 534 valence electrons. The lowest BCUT2D eigenvalue weighted by atomic mass is 9.99. The van der Waals surface area contributed by atoms with Gasteiger partial charge in [0.25, 0.3) is 0 Å². The number of esters is 4. The molecular formula is C71H138O17P2. The zero-order valence-electron chi connectivity index (χ0n) is 58.8. The molecule has 0 amide bonds. The van der Waals surface area contributed by atoms with Gasteiger partial charge in [-0.3, -0.25) is 37.3 Å². The highest BCUT2D eigenvalue weighted by atomic mass is 31.2. The Hall–Kier alpha value is -1.94. The first kappa shape index (κ1) is 88.1. The van der Waals surface area contributed by atoms with E-state index in [2.05, 4.69) is 55.4 Å². The number of rotatable bonds is 68. The van der Waals surface area contributed by atoms with Crippen LogP contribution >= 0.6 is 15.6 Å². The summed E-state index contributed by atoms with van der Waals surface area (Å²) in [4.78, 5) is 72.6. The molecule has 0 aromatic carbocycles. The Balaban J connectivity index is 5.28. The van der Waals surface area contributed by atoms with E-state index >= 15 is 0 Å². The minimum absolute atomic E-state index is 0.104. The zero-order valence-corrected chi connectivity index (χ0v) is 60.6. The molecule has 90 heavy (non-hydrogen) atoms. The maximum absolute atomic E-state index is 13.0. The van der Waals surface area contributed by atoms with Crippen LogP contribution in [0.15, 0.2) is 0 Å². The lowest BCUT2D eigenvalue weighted by molar-refractivity contribution is -0.161. The monoisotopic (exact) mass is 1320 g/mol. The van der Waals surface area contributed by atoms with E-state index in [1.54, 1.807) is 0 Å². The number of phosphoric acid groups is 2. The molecule has 0 saturated heterocycles. The summed E-state index contributed by atoms with van der Waals surface area (Å²) in [6, 6.07) is 0. The van der Waals surface area contributed by atoms with Crippen LogP contribution in [0.5, 0.6) is 0 Å². The molecule has 0 aliphatic rings. The van der Waals surface area contributed by atoms with E-state index in [4.69, 9.17) is 37.0 Å². The summed E-state index contributed by atoms with van der Waals surface area (Å²) in [5, 5.41) is 10.6. The van der Waals surface area contributed by atoms with E-state index in [0.29, 0.717) is 25.7 Å². The Morgan fingerprint density at radius 2 is 0.533 bits per heavy atom. The molecule has 17 nitrogen and oxygen atoms in total. The first-order valence-corrected chi connectivity index (χ1v) is 39.8. The largest absolute Gasteiger partial charge is 0.472 e. The van der Waals surface area contributed by atoms with Gasteiger partial charge < -0.3 is 33.8 Å². The predicted molar refractivity (Wildman–Crippen MR) is 363 cm³/mol. The highest BCUT2D eigenvalue weighted by Crippen LogP contribution is 2.45. The summed E-state index contributed by atoms with van der Waals surface area (Å²) in [6.45, 7) is 14.1. The third kappa shape index (κ3) is 62.2. The minimum Gasteiger partial charge on any atom is -0.462 e. The van der Waals surface area contributed by atoms with Crippen LogP contribution in [0.4, 0.5) is 0 Å². The Morgan fingerprint density at radius 1 is 0.311 bits per heavy atom. The van der Waals surface area contributed by atoms with Crippen LogP contribution in [-0.2, 0) is 65.4 Å². The summed E-state index contributed by atoms with van der Waals surface area (Å²) in [5.74, 6) is 0.927. The van der Waals surface area contributed by atoms with E-state index in [9.17, 15) is 43.2 Å². The standard InChI is InChI=1S/C71H138O17P2/c1-9-63(7)49-41-33-25-19-21-28-36-44-52-69(74)82-58-67(88-71(76)54-46-38-30-22-20-26-34-42-50-64(8)10-2)60-86-90(79,80)84-56-65(72)55-83-89(77,78)85-59-66(57-81-68(73)51-43-35-27-18-14-16-24-32-40-48-62(5)6)87-70(75)53-45-37-29-17-13-11-12-15-23-31-39-47-61(3)4/h61-67,72H,9-60H2,1-8H3,(H,77,78)(H,79,80)/t63?,64?,65-,66-,67-/m1/s1. The van der Waals surface area contributed by atoms with Gasteiger partial charge >= 0.3 is 39.5 Å². The molecule has 0 saturated carbocycles. The molecule has 7 atom stereocenters. The van der Waals surface area contributed by atoms with Crippen LogP contribution in [-0.4, -0.2) is 96.7 Å². The van der Waals surface area contributed by atoms with Crippen LogP contribution in [0.25, 0.3) is 0 Å². The molecule has 0 radical (unpaired) electrons. The predicted octanol–water partition coefficient (Wildman–Crippen LogP) is 20.1. The van der Waals surface area contributed by atoms with E-state index in [1.807, 2.05) is 0 Å². The van der Waals surface area contributed by atoms with Gasteiger partial charge in [-0.2, -0.15) is 0 Å². The maximum atomic E-state index is 13.0. The number of aliphatic hydroxyl groups is 1. The Morgan fingerprint density at radius 3 is 0.789 bits per heavy atom. The fourth-order valence-electron chi connectivity index (χ4n) is 10.6. The van der Waals surface area contributed by atoms with E-state index in [1.165, 1.54) is 154 Å². The molecule has 4 unspecified atom stereocenters. The minimum atomic E-state index is -4.95. The molecule has 0 spiro atoms. The molecule has 0 bridgehead atoms. The first-order chi connectivity index (χ1) is 43.2. The van der Waals surface area contributed by atoms with Crippen LogP contribution in [0.1, 0.15) is 351 Å². The number of aliphatic hydroxyl groups excluding tert-OH is 1. The van der Waals surface area contributed by atoms with Crippen LogP contribution in [0.3, 0.4) is 0 Å². The first-order valence-electron chi connectivity index (χ1n) is 36.8. The second-order valence-corrected chi connectivity index (χ2v) is 30.0. The number of ether oxygens (including phenoxy) is 4. The molecule has 0 heterocycles. The summed E-state index contributed by atoms with van der Waals surface area (Å²) in [6.07, 6.45) is 42.9. The molecule has 0 aliphatic heterocycles. The van der Waals surface area contributed by atoms with Gasteiger partial charge in [0.1, 0.15) is 19.3 Å². The van der Waals surface area contributed by atoms with Crippen molar-refractivity contribution in [2.75, 3.05) is 39.6 Å². The van der Waals surface area contributed by atoms with E-state index < -0.39 is 97.5 Å². The van der Waals surface area contributed by atoms with Crippen LogP contribution in [0.2, 0.25) is 0 Å². The molecule has 0 aromatic rings. The van der Waals surface area contributed by atoms with Crippen LogP contribution in [0, 0.1) is 23.7 Å². The van der Waals surface area contributed by atoms with Gasteiger partial charge in [-0.25, -0.2) is 9.13 Å². The van der Waals surface area contributed by atoms with Gasteiger partial charge in [-0.1, -0.05) is 299 Å². The maximum Gasteiger partial charge on any atom is 0.472 e. The van der Waals surface area contributed by atoms with E-state index in [-0.39, 0.29) is 25.7 Å². The highest BCUT2D eigenvalue weighted by molar-refractivity contribution is 7.47. The number of unbranched alkanes of at least 4 members (excludes halogenated alkanes) is 32. The SMILES string of the molecule is CCC(C)CCCCCCCCCCC(=O)OC[C@H](COP(=O)(O)OC[C@H](O)COP(=O)(O)OC[C@@H](COC(=O)CCCCCCCCCCCC(C)C)OC(=O)CCCCCCCCCCCCCC(C)C)OC(=O)CCCCCCCCCCC(C)CC. The van der Waals surface area contributed by atoms with Gasteiger partial charge in [0.15, 0.2) is 12.2 Å². The van der Waals surface area contributed by atoms with Crippen molar-refractivity contribution in [3.8, 4) is 0 Å². The summed E-state index contributed by atoms with van der Waals surface area (Å²) < 4.78 is 68.3. The Labute approximate surface area is 549 Å². The molecule has 0 rings (SSSR count). The van der Waals surface area contributed by atoms with Crippen molar-refractivity contribution in [3.63, 3.8) is 0 Å². The zero-order chi connectivity index (χ0) is 66.8. The molecule has 0 aliphatic carbocycles. The smallest absolute Gasteiger partial charge is 0.462 e. The number of carbonyl (C=O) groups is 4. The quantitative estimate of drug-likeness (QED) is 0.0222. The lowest BCUT2D eigenvalue weighted by Crippen LogP contribution is -2.30. The molecule has 0 fully saturated rings. The molecule has 3 N–H and O–H groups in total.